The molecule has 78 heavy (non-hydrogen) atoms. The number of aromatic nitrogens is 4. The predicted octanol–water partition coefficient (Wildman–Crippen LogP) is 5.54. The molecule has 3 aliphatic rings. The highest BCUT2D eigenvalue weighted by atomic mass is 32.2. The lowest BCUT2D eigenvalue weighted by atomic mass is 9.86. The highest BCUT2D eigenvalue weighted by Crippen LogP contribution is 2.43. The Morgan fingerprint density at radius 2 is 1.71 bits per heavy atom. The van der Waals surface area contributed by atoms with E-state index in [2.05, 4.69) is 37.8 Å². The zero-order valence-electron chi connectivity index (χ0n) is 44.3. The van der Waals surface area contributed by atoms with Crippen LogP contribution in [-0.2, 0) is 70.2 Å². The van der Waals surface area contributed by atoms with Gasteiger partial charge in [-0.3, -0.25) is 14.4 Å². The van der Waals surface area contributed by atoms with Crippen LogP contribution in [0.3, 0.4) is 0 Å². The number of pyridine rings is 2. The molecule has 4 amide bonds. The number of cyclic esters (lactones) is 1. The number of alkyl carbamates (subject to hydrolysis) is 1. The third-order valence-corrected chi connectivity index (χ3v) is 14.2. The van der Waals surface area contributed by atoms with Crippen LogP contribution in [0, 0.1) is 11.8 Å². The zero-order valence-corrected chi connectivity index (χ0v) is 45.1. The number of nitrogens with one attached hydrogen (secondary N) is 3. The molecule has 412 valence electrons. The zero-order chi connectivity index (χ0) is 55.9. The van der Waals surface area contributed by atoms with Crippen molar-refractivity contribution in [1.82, 2.24) is 35.1 Å². The Morgan fingerprint density at radius 1 is 0.974 bits per heavy atom. The van der Waals surface area contributed by atoms with Crippen LogP contribution >= 0.6 is 0 Å². The molecular weight excluding hydrogens is 1030 g/mol. The summed E-state index contributed by atoms with van der Waals surface area (Å²) >= 11 is 0. The van der Waals surface area contributed by atoms with Gasteiger partial charge in [0, 0.05) is 79.4 Å². The first-order valence-electron chi connectivity index (χ1n) is 25.7. The summed E-state index contributed by atoms with van der Waals surface area (Å²) in [6, 6.07) is 11.1. The Morgan fingerprint density at radius 3 is 2.40 bits per heavy atom. The average Bonchev–Trinajstić information content (AvgIpc) is 4.23. The summed E-state index contributed by atoms with van der Waals surface area (Å²) in [5.74, 6) is 5.17. The largest absolute Gasteiger partial charge is 0.458 e. The van der Waals surface area contributed by atoms with Gasteiger partial charge in [-0.05, 0) is 102 Å². The molecule has 0 radical (unpaired) electrons. The number of esters is 1. The Bertz CT molecular complexity index is 3380. The van der Waals surface area contributed by atoms with E-state index in [1.807, 2.05) is 13.0 Å². The monoisotopic (exact) mass is 1090 g/mol. The van der Waals surface area contributed by atoms with Gasteiger partial charge < -0.3 is 54.2 Å². The number of benzene rings is 2. The molecule has 3 aliphatic heterocycles. The minimum atomic E-state index is -3.55. The van der Waals surface area contributed by atoms with Crippen molar-refractivity contribution in [3.63, 3.8) is 0 Å². The number of fused-ring (bicyclic) bond motifs is 6. The smallest absolute Gasteiger partial charge is 0.410 e. The van der Waals surface area contributed by atoms with Crippen molar-refractivity contribution in [2.45, 2.75) is 128 Å². The fourth-order valence-electron chi connectivity index (χ4n) is 9.20. The van der Waals surface area contributed by atoms with E-state index in [0.717, 1.165) is 22.8 Å². The van der Waals surface area contributed by atoms with Gasteiger partial charge >= 0.3 is 18.2 Å². The molecule has 0 fully saturated rings. The number of nitrogens with zero attached hydrogens (tertiary/aromatic N) is 5. The predicted molar refractivity (Wildman–Crippen MR) is 283 cm³/mol. The van der Waals surface area contributed by atoms with Crippen molar-refractivity contribution in [3.8, 4) is 34.7 Å². The summed E-state index contributed by atoms with van der Waals surface area (Å²) in [7, 11) is -3.55. The number of amides is 4. The Kier molecular flexibility index (Phi) is 17.0. The van der Waals surface area contributed by atoms with Gasteiger partial charge in [0.1, 0.15) is 24.9 Å². The van der Waals surface area contributed by atoms with Gasteiger partial charge in [0.05, 0.1) is 34.6 Å². The van der Waals surface area contributed by atoms with E-state index in [1.54, 1.807) is 73.6 Å². The van der Waals surface area contributed by atoms with Crippen molar-refractivity contribution in [3.05, 3.63) is 98.6 Å². The summed E-state index contributed by atoms with van der Waals surface area (Å²) in [6.45, 7) is 9.46. The number of likely N-dealkylation sites (N-methyl/N-ethyl adjacent to an activating group) is 1. The maximum Gasteiger partial charge on any atom is 0.410 e. The van der Waals surface area contributed by atoms with E-state index in [0.29, 0.717) is 90.4 Å². The molecule has 2 atom stereocenters. The molecule has 0 saturated carbocycles. The first kappa shape index (κ1) is 56.1. The maximum atomic E-state index is 14.0. The molecule has 4 N–H and O–H groups in total. The van der Waals surface area contributed by atoms with E-state index in [-0.39, 0.29) is 74.5 Å². The molecule has 6 heterocycles. The highest BCUT2D eigenvalue weighted by Gasteiger charge is 2.45. The summed E-state index contributed by atoms with van der Waals surface area (Å²) in [5, 5.41) is 20.3. The van der Waals surface area contributed by atoms with Crippen LogP contribution in [0.1, 0.15) is 113 Å². The summed E-state index contributed by atoms with van der Waals surface area (Å²) in [5.41, 5.74) is 1.96. The van der Waals surface area contributed by atoms with Gasteiger partial charge in [0.2, 0.25) is 33.6 Å². The average molecular weight is 1090 g/mol. The van der Waals surface area contributed by atoms with Gasteiger partial charge in [-0.2, -0.15) is 0 Å². The SMILES string of the molecule is CCN(CCc1c2c(nc3cc4c(cc13)OCO4)-c1cc3c(c(=O)n1C2)COC(=O)[C@]3(O)CC)C(=O)OCc1ccc(NC(=O)[C@H](CCCCNC(=O)OC(C)(C)C)NC(=O)CCCC#Cc2cnc(S(C)(=O)=O)nc2)cc1. The number of sulfone groups is 1. The Hall–Kier alpha value is -8.10. The van der Waals surface area contributed by atoms with Crippen molar-refractivity contribution < 1.29 is 61.2 Å². The number of hydrogen-bond donors (Lipinski definition) is 4. The second-order valence-electron chi connectivity index (χ2n) is 20.0. The molecule has 8 rings (SSSR count). The van der Waals surface area contributed by atoms with Crippen LogP contribution in [0.2, 0.25) is 0 Å². The Labute approximate surface area is 450 Å². The molecule has 0 aliphatic carbocycles. The lowest BCUT2D eigenvalue weighted by Crippen LogP contribution is -2.44. The lowest BCUT2D eigenvalue weighted by molar-refractivity contribution is -0.172. The standard InChI is InChI=1S/C55H62N8O14S/c1-7-55(70)40-25-43-47-38(29-63(43)49(66)39(40)31-73-50(55)67)36(37-24-44-45(76-32-75-44)26-42(37)61-47)21-23-62(8-2)53(69)74-30-33-17-19-35(20-18-33)59-48(65)41(15-12-13-22-56-52(68)77-54(3,4)5)60-46(64)16-11-9-10-14-34-27-57-51(58-28-34)78(6,71)72/h17-20,24-28,41,70H,7-9,11-13,15-16,21-23,29-32H2,1-6H3,(H,56,68)(H,59,65)(H,60,64)/t41-,55-/m0/s1. The number of unbranched alkanes of at least 4 members (excludes halogenated alkanes) is 2. The maximum absolute atomic E-state index is 14.0. The molecular formula is C55H62N8O14S. The number of anilines is 1. The van der Waals surface area contributed by atoms with E-state index in [4.69, 9.17) is 28.7 Å². The molecule has 23 heteroatoms. The van der Waals surface area contributed by atoms with Crippen LogP contribution in [0.25, 0.3) is 22.3 Å². The van der Waals surface area contributed by atoms with Gasteiger partial charge in [0.25, 0.3) is 5.56 Å². The van der Waals surface area contributed by atoms with Crippen LogP contribution in [0.5, 0.6) is 11.5 Å². The molecule has 5 aromatic rings. The molecule has 0 saturated heterocycles. The first-order valence-corrected chi connectivity index (χ1v) is 27.6. The molecule has 22 nitrogen and oxygen atoms in total. The van der Waals surface area contributed by atoms with Crippen LogP contribution in [0.4, 0.5) is 15.3 Å². The topological polar surface area (TPSA) is 286 Å². The summed E-state index contributed by atoms with van der Waals surface area (Å²) in [4.78, 5) is 93.7. The fourth-order valence-corrected chi connectivity index (χ4v) is 9.69. The number of carbonyl (C=O) groups excluding carboxylic acids is 5. The van der Waals surface area contributed by atoms with E-state index >= 15 is 0 Å². The number of hydrogen-bond acceptors (Lipinski definition) is 17. The van der Waals surface area contributed by atoms with Crippen molar-refractivity contribution in [2.75, 3.05) is 38.0 Å². The van der Waals surface area contributed by atoms with E-state index in [1.165, 1.54) is 12.4 Å². The number of rotatable bonds is 19. The van der Waals surface area contributed by atoms with Crippen molar-refractivity contribution >= 4 is 56.4 Å². The number of aliphatic hydroxyl groups is 1. The van der Waals surface area contributed by atoms with Gasteiger partial charge in [0.15, 0.2) is 17.1 Å². The summed E-state index contributed by atoms with van der Waals surface area (Å²) in [6.07, 6.45) is 4.89. The fraction of sp³-hybridized carbons (Fsp3) is 0.436. The van der Waals surface area contributed by atoms with E-state index in [9.17, 15) is 42.3 Å². The van der Waals surface area contributed by atoms with E-state index < -0.39 is 56.7 Å². The van der Waals surface area contributed by atoms with Crippen LogP contribution < -0.4 is 31.0 Å². The molecule has 3 aromatic heterocycles. The first-order chi connectivity index (χ1) is 37.1. The molecule has 0 spiro atoms. The van der Waals surface area contributed by atoms with Crippen LogP contribution in [-0.4, -0.2) is 112 Å². The third-order valence-electron chi connectivity index (χ3n) is 13.3. The number of carbonyl (C=O) groups is 5. The van der Waals surface area contributed by atoms with Crippen molar-refractivity contribution in [2.24, 2.45) is 0 Å². The van der Waals surface area contributed by atoms with Gasteiger partial charge in [-0.1, -0.05) is 30.9 Å². The van der Waals surface area contributed by atoms with Crippen LogP contribution in [0.15, 0.2) is 64.8 Å². The Balaban J connectivity index is 0.888. The van der Waals surface area contributed by atoms with Gasteiger partial charge in [-0.15, -0.1) is 0 Å². The molecule has 2 aromatic carbocycles. The molecule has 0 unspecified atom stereocenters. The van der Waals surface area contributed by atoms with Crippen molar-refractivity contribution in [1.29, 1.82) is 0 Å². The minimum absolute atomic E-state index is 0.00175. The highest BCUT2D eigenvalue weighted by molar-refractivity contribution is 7.90. The van der Waals surface area contributed by atoms with Gasteiger partial charge in [-0.25, -0.2) is 37.8 Å². The molecule has 0 bridgehead atoms. The number of ether oxygens (including phenoxy) is 5. The minimum Gasteiger partial charge on any atom is -0.458 e. The summed E-state index contributed by atoms with van der Waals surface area (Å²) < 4.78 is 52.6. The quantitative estimate of drug-likeness (QED) is 0.0254. The second-order valence-corrected chi connectivity index (χ2v) is 21.9. The lowest BCUT2D eigenvalue weighted by Gasteiger charge is -2.31. The third kappa shape index (κ3) is 13.0. The normalized spacial score (nSPS) is 15.4. The second kappa shape index (κ2) is 23.6.